The summed E-state index contributed by atoms with van der Waals surface area (Å²) in [4.78, 5) is 48.9. The summed E-state index contributed by atoms with van der Waals surface area (Å²) in [6, 6.07) is -0.938. The molecule has 13 nitrogen and oxygen atoms in total. The second-order valence-electron chi connectivity index (χ2n) is 7.49. The monoisotopic (exact) mass is 570 g/mol. The van der Waals surface area contributed by atoms with Crippen LogP contribution >= 0.6 is 46.2 Å². The number of carboxylic acids is 1. The molecule has 4 heterocycles. The van der Waals surface area contributed by atoms with Crippen LogP contribution < -0.4 is 16.8 Å². The van der Waals surface area contributed by atoms with Crippen molar-refractivity contribution in [3.05, 3.63) is 27.9 Å². The molecular weight excluding hydrogens is 549 g/mol. The van der Waals surface area contributed by atoms with Crippen LogP contribution in [0, 0.1) is 0 Å². The molecular formula is C19H22N8O5S4. The topological polar surface area (TPSA) is 199 Å². The van der Waals surface area contributed by atoms with Gasteiger partial charge in [-0.15, -0.1) is 33.3 Å². The quantitative estimate of drug-likeness (QED) is 0.127. The average molecular weight is 571 g/mol. The van der Waals surface area contributed by atoms with Crippen molar-refractivity contribution in [2.45, 2.75) is 35.2 Å². The van der Waals surface area contributed by atoms with Crippen LogP contribution in [0.2, 0.25) is 0 Å². The maximum absolute atomic E-state index is 13.1. The van der Waals surface area contributed by atoms with Gasteiger partial charge in [-0.05, 0) is 12.0 Å². The zero-order valence-corrected chi connectivity index (χ0v) is 22.1. The van der Waals surface area contributed by atoms with Crippen LogP contribution in [0.3, 0.4) is 0 Å². The van der Waals surface area contributed by atoms with E-state index in [0.717, 1.165) is 11.3 Å². The van der Waals surface area contributed by atoms with Crippen molar-refractivity contribution in [2.24, 2.45) is 10.9 Å². The van der Waals surface area contributed by atoms with Crippen molar-refractivity contribution < 1.29 is 24.3 Å². The van der Waals surface area contributed by atoms with Gasteiger partial charge >= 0.3 is 5.97 Å². The zero-order chi connectivity index (χ0) is 25.8. The minimum absolute atomic E-state index is 0.0653. The van der Waals surface area contributed by atoms with Gasteiger partial charge in [0.2, 0.25) is 0 Å². The molecule has 0 aliphatic carbocycles. The highest BCUT2D eigenvalue weighted by molar-refractivity contribution is 8.01. The Labute approximate surface area is 221 Å². The number of hydrogen-bond acceptors (Lipinski definition) is 14. The minimum Gasteiger partial charge on any atom is -0.477 e. The number of carboxylic acid groups (broad SMARTS) is 1. The first kappa shape index (κ1) is 26.3. The summed E-state index contributed by atoms with van der Waals surface area (Å²) in [5, 5.41) is 25.4. The van der Waals surface area contributed by atoms with Crippen LogP contribution in [0.25, 0.3) is 0 Å². The number of rotatable bonds is 11. The normalized spacial score (nSPS) is 20.6. The highest BCUT2D eigenvalue weighted by atomic mass is 32.2. The molecule has 2 unspecified atom stereocenters. The van der Waals surface area contributed by atoms with Crippen molar-refractivity contribution in [1.29, 1.82) is 0 Å². The van der Waals surface area contributed by atoms with E-state index in [9.17, 15) is 19.5 Å². The summed E-state index contributed by atoms with van der Waals surface area (Å²) in [6.07, 6.45) is 0.172. The molecule has 0 aromatic carbocycles. The third kappa shape index (κ3) is 5.49. The maximum Gasteiger partial charge on any atom is 0.352 e. The number of hydrogen-bond donors (Lipinski definition) is 4. The van der Waals surface area contributed by atoms with Gasteiger partial charge in [0.1, 0.15) is 34.4 Å². The lowest BCUT2D eigenvalue weighted by Crippen LogP contribution is -2.71. The van der Waals surface area contributed by atoms with Crippen LogP contribution in [0.4, 0.5) is 5.13 Å². The molecule has 2 aliphatic rings. The second-order valence-corrected chi connectivity index (χ2v) is 11.5. The van der Waals surface area contributed by atoms with Gasteiger partial charge in [-0.1, -0.05) is 35.2 Å². The fraction of sp³-hybridized carbons (Fsp3) is 0.421. The van der Waals surface area contributed by atoms with Gasteiger partial charge in [-0.25, -0.2) is 9.78 Å². The lowest BCUT2D eigenvalue weighted by Gasteiger charge is -2.49. The van der Waals surface area contributed by atoms with E-state index in [0.29, 0.717) is 27.8 Å². The van der Waals surface area contributed by atoms with Gasteiger partial charge in [0.05, 0.1) is 0 Å². The smallest absolute Gasteiger partial charge is 0.352 e. The Morgan fingerprint density at radius 3 is 2.86 bits per heavy atom. The number of thiazole rings is 1. The third-order valence-electron chi connectivity index (χ3n) is 5.24. The summed E-state index contributed by atoms with van der Waals surface area (Å²) in [6.45, 7) is 2.07. The van der Waals surface area contributed by atoms with Gasteiger partial charge in [0, 0.05) is 23.4 Å². The van der Waals surface area contributed by atoms with E-state index in [-0.39, 0.29) is 28.8 Å². The molecule has 0 saturated carbocycles. The second kappa shape index (κ2) is 11.5. The summed E-state index contributed by atoms with van der Waals surface area (Å²) in [5.41, 5.74) is 13.5. The standard InChI is InChI=1S/C19H22N8O5S4/c1-2-9(3-20)32-26-11(10-6-34-18(21)23-10)14(28)24-12-15(29)27-13(17(30)31)8(4-33-16(12)27)5-35-19-25-22-7-36-19/h6-7,9,12,16H,2-5,20H2,1H3,(H2,21,23)(H,24,28)(H,30,31)/t9?,12?,16-/m0/s1. The number of anilines is 1. The Hall–Kier alpha value is -2.73. The van der Waals surface area contributed by atoms with Gasteiger partial charge < -0.3 is 26.7 Å². The number of carbonyl (C=O) groups excluding carboxylic acids is 2. The number of nitrogen functional groups attached to an aromatic ring is 1. The van der Waals surface area contributed by atoms with E-state index in [2.05, 4.69) is 25.7 Å². The van der Waals surface area contributed by atoms with Crippen LogP contribution in [-0.4, -0.2) is 84.3 Å². The number of fused-ring (bicyclic) bond motifs is 1. The third-order valence-corrected chi connectivity index (χ3v) is 9.20. The number of carbonyl (C=O) groups is 3. The molecule has 4 rings (SSSR count). The Morgan fingerprint density at radius 2 is 2.25 bits per heavy atom. The summed E-state index contributed by atoms with van der Waals surface area (Å²) in [5.74, 6) is -1.68. The Bertz CT molecular complexity index is 1200. The van der Waals surface area contributed by atoms with E-state index in [1.807, 2.05) is 6.92 Å². The molecule has 3 atom stereocenters. The number of nitrogens with one attached hydrogen (secondary N) is 1. The Morgan fingerprint density at radius 1 is 1.44 bits per heavy atom. The minimum atomic E-state index is -1.20. The summed E-state index contributed by atoms with van der Waals surface area (Å²) >= 11 is 5.21. The van der Waals surface area contributed by atoms with Crippen molar-refractivity contribution in [2.75, 3.05) is 23.8 Å². The van der Waals surface area contributed by atoms with Crippen molar-refractivity contribution in [3.63, 3.8) is 0 Å². The average Bonchev–Trinajstić information content (AvgIpc) is 3.55. The fourth-order valence-corrected chi connectivity index (χ4v) is 6.91. The molecule has 0 spiro atoms. The van der Waals surface area contributed by atoms with Crippen molar-refractivity contribution in [3.8, 4) is 0 Å². The molecule has 36 heavy (non-hydrogen) atoms. The maximum atomic E-state index is 13.1. The number of nitrogens with two attached hydrogens (primary N) is 2. The molecule has 2 aromatic rings. The molecule has 2 aromatic heterocycles. The highest BCUT2D eigenvalue weighted by Crippen LogP contribution is 2.41. The number of amides is 2. The van der Waals surface area contributed by atoms with Gasteiger partial charge in [-0.3, -0.25) is 14.5 Å². The van der Waals surface area contributed by atoms with Crippen molar-refractivity contribution in [1.82, 2.24) is 25.4 Å². The zero-order valence-electron chi connectivity index (χ0n) is 18.8. The number of oxime groups is 1. The molecule has 2 amide bonds. The van der Waals surface area contributed by atoms with Gasteiger partial charge in [0.25, 0.3) is 11.8 Å². The number of β-lactam (4-membered cyclic amide) rings is 1. The summed E-state index contributed by atoms with van der Waals surface area (Å²) < 4.78 is 0.705. The van der Waals surface area contributed by atoms with E-state index in [4.69, 9.17) is 16.3 Å². The largest absolute Gasteiger partial charge is 0.477 e. The van der Waals surface area contributed by atoms with E-state index < -0.39 is 35.3 Å². The van der Waals surface area contributed by atoms with Crippen LogP contribution in [-0.2, 0) is 19.2 Å². The number of aromatic nitrogens is 3. The molecule has 2 aliphatic heterocycles. The Kier molecular flexibility index (Phi) is 8.45. The number of nitrogens with zero attached hydrogens (tertiary/aromatic N) is 5. The summed E-state index contributed by atoms with van der Waals surface area (Å²) in [7, 11) is 0. The van der Waals surface area contributed by atoms with E-state index >= 15 is 0 Å². The van der Waals surface area contributed by atoms with Gasteiger partial charge in [0.15, 0.2) is 15.2 Å². The predicted molar refractivity (Wildman–Crippen MR) is 138 cm³/mol. The first-order valence-corrected chi connectivity index (χ1v) is 14.4. The molecule has 6 N–H and O–H groups in total. The van der Waals surface area contributed by atoms with Crippen molar-refractivity contribution >= 4 is 74.8 Å². The van der Waals surface area contributed by atoms with Gasteiger partial charge in [-0.2, -0.15) is 0 Å². The lowest BCUT2D eigenvalue weighted by molar-refractivity contribution is -0.150. The molecule has 1 saturated heterocycles. The van der Waals surface area contributed by atoms with Crippen LogP contribution in [0.1, 0.15) is 19.0 Å². The molecule has 192 valence electrons. The highest BCUT2D eigenvalue weighted by Gasteiger charge is 2.54. The van der Waals surface area contributed by atoms with Crippen LogP contribution in [0.5, 0.6) is 0 Å². The number of thioether (sulfide) groups is 2. The molecule has 0 bridgehead atoms. The molecule has 0 radical (unpaired) electrons. The predicted octanol–water partition coefficient (Wildman–Crippen LogP) is 0.566. The fourth-order valence-electron chi connectivity index (χ4n) is 3.39. The van der Waals surface area contributed by atoms with Crippen LogP contribution in [0.15, 0.2) is 31.7 Å². The lowest BCUT2D eigenvalue weighted by atomic mass is 10.0. The first-order chi connectivity index (χ1) is 17.3. The first-order valence-electron chi connectivity index (χ1n) is 10.6. The molecule has 1 fully saturated rings. The molecule has 17 heteroatoms. The Balaban J connectivity index is 1.50. The van der Waals surface area contributed by atoms with E-state index in [1.54, 1.807) is 10.9 Å². The van der Waals surface area contributed by atoms with E-state index in [1.165, 1.54) is 39.8 Å². The SMILES string of the molecule is CCC(CN)ON=C(C(=O)NC1C(=O)N2C(C(=O)O)=C(CSc3nncs3)CS[C@@H]12)c1csc(N)n1. The number of aliphatic carboxylic acids is 1.